The molecule has 0 radical (unpaired) electrons. The molecule has 0 spiro atoms. The lowest BCUT2D eigenvalue weighted by molar-refractivity contribution is -0.0482. The van der Waals surface area contributed by atoms with E-state index >= 15 is 0 Å². The molecule has 0 aliphatic heterocycles. The van der Waals surface area contributed by atoms with E-state index in [2.05, 4.69) is 0 Å². The van der Waals surface area contributed by atoms with Crippen LogP contribution in [-0.2, 0) is 9.47 Å². The molecule has 0 aromatic carbocycles. The first-order valence-corrected chi connectivity index (χ1v) is 6.14. The van der Waals surface area contributed by atoms with Crippen LogP contribution in [0.1, 0.15) is 39.0 Å². The number of methoxy groups -OCH3 is 1. The Bertz CT molecular complexity index is 197. The van der Waals surface area contributed by atoms with Gasteiger partial charge in [0.2, 0.25) is 0 Å². The summed E-state index contributed by atoms with van der Waals surface area (Å²) in [5.41, 5.74) is 4.65. The zero-order valence-electron chi connectivity index (χ0n) is 10.4. The first-order chi connectivity index (χ1) is 7.57. The Kier molecular flexibility index (Phi) is 5.69. The highest BCUT2D eigenvalue weighted by Crippen LogP contribution is 2.23. The van der Waals surface area contributed by atoms with Gasteiger partial charge in [0.05, 0.1) is 17.8 Å². The lowest BCUT2D eigenvalue weighted by Gasteiger charge is -2.29. The fraction of sp³-hybridized carbons (Fsp3) is 1.00. The van der Waals surface area contributed by atoms with Crippen LogP contribution in [0.2, 0.25) is 0 Å². The van der Waals surface area contributed by atoms with Crippen LogP contribution in [0, 0.1) is 0 Å². The van der Waals surface area contributed by atoms with Crippen molar-refractivity contribution in [2.24, 2.45) is 5.73 Å². The topological polar surface area (TPSA) is 64.7 Å². The summed E-state index contributed by atoms with van der Waals surface area (Å²) in [6, 6.07) is 0. The van der Waals surface area contributed by atoms with Gasteiger partial charge in [-0.15, -0.1) is 0 Å². The van der Waals surface area contributed by atoms with Gasteiger partial charge in [-0.05, 0) is 32.6 Å². The van der Waals surface area contributed by atoms with Crippen molar-refractivity contribution in [2.75, 3.05) is 20.3 Å². The normalized spacial score (nSPS) is 30.0. The van der Waals surface area contributed by atoms with Crippen molar-refractivity contribution in [2.45, 2.75) is 56.8 Å². The summed E-state index contributed by atoms with van der Waals surface area (Å²) in [4.78, 5) is 0. The summed E-state index contributed by atoms with van der Waals surface area (Å²) in [5.74, 6) is 0. The van der Waals surface area contributed by atoms with E-state index in [-0.39, 0.29) is 12.6 Å². The maximum atomic E-state index is 9.72. The third-order valence-electron chi connectivity index (χ3n) is 3.35. The molecule has 0 bridgehead atoms. The van der Waals surface area contributed by atoms with Crippen LogP contribution < -0.4 is 5.73 Å². The van der Waals surface area contributed by atoms with Crippen LogP contribution in [0.5, 0.6) is 0 Å². The predicted octanol–water partition coefficient (Wildman–Crippen LogP) is 1.06. The number of nitrogens with two attached hydrogens (primary N) is 1. The van der Waals surface area contributed by atoms with Crippen molar-refractivity contribution in [1.82, 2.24) is 0 Å². The summed E-state index contributed by atoms with van der Waals surface area (Å²) in [6.07, 6.45) is 5.60. The molecule has 16 heavy (non-hydrogen) atoms. The van der Waals surface area contributed by atoms with E-state index in [4.69, 9.17) is 15.2 Å². The van der Waals surface area contributed by atoms with Crippen molar-refractivity contribution in [3.05, 3.63) is 0 Å². The molecule has 0 aromatic rings. The summed E-state index contributed by atoms with van der Waals surface area (Å²) in [5, 5.41) is 9.72. The van der Waals surface area contributed by atoms with Crippen LogP contribution in [0.25, 0.3) is 0 Å². The third-order valence-corrected chi connectivity index (χ3v) is 3.35. The Hall–Kier alpha value is -0.160. The molecular weight excluding hydrogens is 206 g/mol. The standard InChI is InChI=1S/C12H25NO3/c1-12(14,9-13)6-7-16-11-5-3-4-10(8-11)15-2/h10-11,14H,3-9,13H2,1-2H3. The van der Waals surface area contributed by atoms with Crippen molar-refractivity contribution >= 4 is 0 Å². The molecule has 1 saturated carbocycles. The SMILES string of the molecule is COC1CCCC(OCCC(C)(O)CN)C1. The van der Waals surface area contributed by atoms with Crippen molar-refractivity contribution < 1.29 is 14.6 Å². The Labute approximate surface area is 98.1 Å². The van der Waals surface area contributed by atoms with Gasteiger partial charge < -0.3 is 20.3 Å². The molecule has 3 atom stereocenters. The van der Waals surface area contributed by atoms with Gasteiger partial charge in [0, 0.05) is 26.7 Å². The largest absolute Gasteiger partial charge is 0.389 e. The average molecular weight is 231 g/mol. The van der Waals surface area contributed by atoms with Gasteiger partial charge in [0.15, 0.2) is 0 Å². The molecule has 0 amide bonds. The second kappa shape index (κ2) is 6.55. The van der Waals surface area contributed by atoms with Crippen molar-refractivity contribution in [3.63, 3.8) is 0 Å². The summed E-state index contributed by atoms with van der Waals surface area (Å²) in [6.45, 7) is 2.60. The zero-order valence-corrected chi connectivity index (χ0v) is 10.4. The molecule has 0 saturated heterocycles. The molecule has 3 N–H and O–H groups in total. The first-order valence-electron chi connectivity index (χ1n) is 6.14. The second-order valence-electron chi connectivity index (χ2n) is 4.97. The van der Waals surface area contributed by atoms with E-state index in [0.29, 0.717) is 19.1 Å². The highest BCUT2D eigenvalue weighted by Gasteiger charge is 2.23. The number of rotatable bonds is 6. The zero-order chi connectivity index (χ0) is 12.0. The van der Waals surface area contributed by atoms with Crippen LogP contribution >= 0.6 is 0 Å². The van der Waals surface area contributed by atoms with E-state index in [0.717, 1.165) is 25.7 Å². The van der Waals surface area contributed by atoms with E-state index in [1.165, 1.54) is 0 Å². The molecule has 1 aliphatic rings. The van der Waals surface area contributed by atoms with E-state index in [1.807, 2.05) is 0 Å². The highest BCUT2D eigenvalue weighted by molar-refractivity contribution is 4.76. The van der Waals surface area contributed by atoms with Crippen LogP contribution in [0.15, 0.2) is 0 Å². The lowest BCUT2D eigenvalue weighted by Crippen LogP contribution is -2.36. The smallest absolute Gasteiger partial charge is 0.0763 e. The molecule has 1 rings (SSSR count). The minimum Gasteiger partial charge on any atom is -0.389 e. The monoisotopic (exact) mass is 231 g/mol. The Morgan fingerprint density at radius 2 is 2.06 bits per heavy atom. The first kappa shape index (κ1) is 13.9. The number of hydrogen-bond donors (Lipinski definition) is 2. The van der Waals surface area contributed by atoms with Crippen LogP contribution in [-0.4, -0.2) is 43.2 Å². The van der Waals surface area contributed by atoms with Crippen LogP contribution in [0.4, 0.5) is 0 Å². The van der Waals surface area contributed by atoms with Gasteiger partial charge in [0.1, 0.15) is 0 Å². The second-order valence-corrected chi connectivity index (χ2v) is 4.97. The Balaban J connectivity index is 2.17. The molecule has 1 fully saturated rings. The van der Waals surface area contributed by atoms with Crippen LogP contribution in [0.3, 0.4) is 0 Å². The maximum absolute atomic E-state index is 9.72. The van der Waals surface area contributed by atoms with Crippen molar-refractivity contribution in [1.29, 1.82) is 0 Å². The molecule has 1 aliphatic carbocycles. The van der Waals surface area contributed by atoms with Gasteiger partial charge in [0.25, 0.3) is 0 Å². The Morgan fingerprint density at radius 3 is 2.69 bits per heavy atom. The van der Waals surface area contributed by atoms with E-state index < -0.39 is 5.60 Å². The molecule has 96 valence electrons. The van der Waals surface area contributed by atoms with Gasteiger partial charge in [-0.3, -0.25) is 0 Å². The lowest BCUT2D eigenvalue weighted by atomic mass is 9.95. The third kappa shape index (κ3) is 4.78. The fourth-order valence-electron chi connectivity index (χ4n) is 2.02. The molecule has 0 heterocycles. The molecule has 4 nitrogen and oxygen atoms in total. The van der Waals surface area contributed by atoms with Gasteiger partial charge in [-0.1, -0.05) is 0 Å². The highest BCUT2D eigenvalue weighted by atomic mass is 16.5. The molecule has 3 unspecified atom stereocenters. The number of ether oxygens (including phenoxy) is 2. The van der Waals surface area contributed by atoms with E-state index in [1.54, 1.807) is 14.0 Å². The number of hydrogen-bond acceptors (Lipinski definition) is 4. The average Bonchev–Trinajstić information content (AvgIpc) is 2.29. The fourth-order valence-corrected chi connectivity index (χ4v) is 2.02. The summed E-state index contributed by atoms with van der Waals surface area (Å²) >= 11 is 0. The van der Waals surface area contributed by atoms with Gasteiger partial charge in [-0.25, -0.2) is 0 Å². The number of aliphatic hydroxyl groups is 1. The summed E-state index contributed by atoms with van der Waals surface area (Å²) < 4.78 is 11.1. The minimum atomic E-state index is -0.796. The van der Waals surface area contributed by atoms with Gasteiger partial charge in [-0.2, -0.15) is 0 Å². The maximum Gasteiger partial charge on any atom is 0.0763 e. The van der Waals surface area contributed by atoms with Crippen molar-refractivity contribution in [3.8, 4) is 0 Å². The molecule has 4 heteroatoms. The van der Waals surface area contributed by atoms with Gasteiger partial charge >= 0.3 is 0 Å². The predicted molar refractivity (Wildman–Crippen MR) is 63.3 cm³/mol. The quantitative estimate of drug-likeness (QED) is 0.717. The molecular formula is C12H25NO3. The minimum absolute atomic E-state index is 0.279. The molecule has 0 aromatic heterocycles. The van der Waals surface area contributed by atoms with E-state index in [9.17, 15) is 5.11 Å². The summed E-state index contributed by atoms with van der Waals surface area (Å²) in [7, 11) is 1.76. The Morgan fingerprint density at radius 1 is 1.38 bits per heavy atom.